The van der Waals surface area contributed by atoms with Crippen LogP contribution in [0.5, 0.6) is 0 Å². The third kappa shape index (κ3) is 0.894. The maximum Gasteiger partial charge on any atom is 0.166 e. The molecule has 0 amide bonds. The summed E-state index contributed by atoms with van der Waals surface area (Å²) in [7, 11) is 0. The van der Waals surface area contributed by atoms with Crippen LogP contribution in [-0.4, -0.2) is 12.3 Å². The molecule has 0 spiro atoms. The van der Waals surface area contributed by atoms with Gasteiger partial charge in [0.2, 0.25) is 0 Å². The van der Waals surface area contributed by atoms with Crippen molar-refractivity contribution in [2.75, 3.05) is 11.9 Å². The van der Waals surface area contributed by atoms with Crippen molar-refractivity contribution in [1.82, 2.24) is 0 Å². The van der Waals surface area contributed by atoms with Crippen molar-refractivity contribution in [3.63, 3.8) is 0 Å². The zero-order valence-electron chi connectivity index (χ0n) is 7.54. The van der Waals surface area contributed by atoms with Gasteiger partial charge in [0.1, 0.15) is 5.58 Å². The van der Waals surface area contributed by atoms with Crippen molar-refractivity contribution in [2.24, 2.45) is 0 Å². The summed E-state index contributed by atoms with van der Waals surface area (Å²) >= 11 is 0. The quantitative estimate of drug-likeness (QED) is 0.688. The van der Waals surface area contributed by atoms with Crippen molar-refractivity contribution in [1.29, 1.82) is 0 Å². The zero-order valence-corrected chi connectivity index (χ0v) is 7.54. The first-order valence-corrected chi connectivity index (χ1v) is 4.63. The lowest BCUT2D eigenvalue weighted by Crippen LogP contribution is -2.17. The fraction of sp³-hybridized carbons (Fsp3) is 0.182. The monoisotopic (exact) mass is 187 g/mol. The molecule has 0 saturated carbocycles. The molecule has 3 rings (SSSR count). The van der Waals surface area contributed by atoms with Gasteiger partial charge in [0.05, 0.1) is 12.0 Å². The van der Waals surface area contributed by atoms with Crippen LogP contribution in [-0.2, 0) is 0 Å². The predicted octanol–water partition coefficient (Wildman–Crippen LogP) is 2.43. The molecule has 0 bridgehead atoms. The summed E-state index contributed by atoms with van der Waals surface area (Å²) in [5.41, 5.74) is 2.53. The van der Waals surface area contributed by atoms with Gasteiger partial charge in [-0.1, -0.05) is 0 Å². The van der Waals surface area contributed by atoms with E-state index in [-0.39, 0.29) is 5.78 Å². The van der Waals surface area contributed by atoms with E-state index in [1.54, 1.807) is 6.26 Å². The Balaban J connectivity index is 2.38. The highest BCUT2D eigenvalue weighted by molar-refractivity contribution is 6.09. The number of carbonyl (C=O) groups is 1. The number of fused-ring (bicyclic) bond motifs is 3. The topological polar surface area (TPSA) is 42.2 Å². The van der Waals surface area contributed by atoms with Crippen molar-refractivity contribution in [3.05, 3.63) is 30.0 Å². The summed E-state index contributed by atoms with van der Waals surface area (Å²) in [6, 6.07) is 5.56. The van der Waals surface area contributed by atoms with Gasteiger partial charge in [-0.25, -0.2) is 0 Å². The summed E-state index contributed by atoms with van der Waals surface area (Å²) in [4.78, 5) is 11.6. The number of nitrogens with one attached hydrogen (secondary N) is 1. The van der Waals surface area contributed by atoms with Gasteiger partial charge in [-0.15, -0.1) is 0 Å². The van der Waals surface area contributed by atoms with E-state index >= 15 is 0 Å². The molecule has 0 unspecified atom stereocenters. The molecular formula is C11H9NO2. The third-order valence-electron chi connectivity index (χ3n) is 2.59. The lowest BCUT2D eigenvalue weighted by molar-refractivity contribution is 0.0984. The van der Waals surface area contributed by atoms with Gasteiger partial charge in [-0.05, 0) is 18.2 Å². The van der Waals surface area contributed by atoms with E-state index < -0.39 is 0 Å². The fourth-order valence-corrected chi connectivity index (χ4v) is 1.90. The van der Waals surface area contributed by atoms with Crippen LogP contribution in [0.1, 0.15) is 16.8 Å². The number of rotatable bonds is 0. The van der Waals surface area contributed by atoms with E-state index in [4.69, 9.17) is 4.42 Å². The maximum atomic E-state index is 11.6. The number of hydrogen-bond acceptors (Lipinski definition) is 3. The van der Waals surface area contributed by atoms with Gasteiger partial charge < -0.3 is 9.73 Å². The average Bonchev–Trinajstić information content (AvgIpc) is 2.66. The van der Waals surface area contributed by atoms with Gasteiger partial charge in [0, 0.05) is 23.9 Å². The van der Waals surface area contributed by atoms with Crippen molar-refractivity contribution in [2.45, 2.75) is 6.42 Å². The minimum absolute atomic E-state index is 0.210. The van der Waals surface area contributed by atoms with E-state index in [9.17, 15) is 4.79 Å². The largest absolute Gasteiger partial charge is 0.464 e. The molecule has 1 aromatic carbocycles. The second-order valence-electron chi connectivity index (χ2n) is 3.42. The fourth-order valence-electron chi connectivity index (χ4n) is 1.90. The number of furan rings is 1. The van der Waals surface area contributed by atoms with Crippen LogP contribution in [0.3, 0.4) is 0 Å². The smallest absolute Gasteiger partial charge is 0.166 e. The number of Topliss-reactive ketones (excluding diaryl/α,β-unsaturated/α-hetero) is 1. The van der Waals surface area contributed by atoms with E-state index in [1.807, 2.05) is 18.2 Å². The molecule has 0 saturated heterocycles. The Morgan fingerprint density at radius 1 is 1.29 bits per heavy atom. The second kappa shape index (κ2) is 2.61. The van der Waals surface area contributed by atoms with E-state index in [0.29, 0.717) is 6.42 Å². The number of anilines is 1. The minimum atomic E-state index is 0.210. The van der Waals surface area contributed by atoms with E-state index in [0.717, 1.165) is 28.8 Å². The molecule has 2 heterocycles. The first kappa shape index (κ1) is 7.62. The van der Waals surface area contributed by atoms with Crippen LogP contribution in [0.4, 0.5) is 5.69 Å². The van der Waals surface area contributed by atoms with Crippen LogP contribution in [0.25, 0.3) is 11.0 Å². The number of hydrogen-bond donors (Lipinski definition) is 1. The lowest BCUT2D eigenvalue weighted by Gasteiger charge is -2.17. The Kier molecular flexibility index (Phi) is 1.42. The van der Waals surface area contributed by atoms with E-state index in [1.165, 1.54) is 0 Å². The summed E-state index contributed by atoms with van der Waals surface area (Å²) in [6.45, 7) is 0.718. The molecule has 70 valence electrons. The molecule has 0 radical (unpaired) electrons. The van der Waals surface area contributed by atoms with Crippen LogP contribution in [0, 0.1) is 0 Å². The molecule has 0 atom stereocenters. The molecule has 14 heavy (non-hydrogen) atoms. The van der Waals surface area contributed by atoms with Crippen molar-refractivity contribution in [3.8, 4) is 0 Å². The lowest BCUT2D eigenvalue weighted by atomic mass is 10.00. The van der Waals surface area contributed by atoms with Crippen LogP contribution in [0.15, 0.2) is 28.9 Å². The Labute approximate surface area is 80.7 Å². The van der Waals surface area contributed by atoms with Crippen molar-refractivity contribution >= 4 is 22.4 Å². The summed E-state index contributed by atoms with van der Waals surface area (Å²) in [5.74, 6) is 0.210. The van der Waals surface area contributed by atoms with Crippen molar-refractivity contribution < 1.29 is 9.21 Å². The Morgan fingerprint density at radius 2 is 2.21 bits per heavy atom. The molecule has 1 aromatic heterocycles. The SMILES string of the molecule is O=C1CCNc2c1ccc1occc21. The van der Waals surface area contributed by atoms with Crippen LogP contribution >= 0.6 is 0 Å². The highest BCUT2D eigenvalue weighted by Gasteiger charge is 2.19. The average molecular weight is 187 g/mol. The number of ketones is 1. The Bertz CT molecular complexity index is 513. The predicted molar refractivity (Wildman–Crippen MR) is 53.7 cm³/mol. The molecule has 0 aliphatic carbocycles. The van der Waals surface area contributed by atoms with Gasteiger partial charge in [-0.2, -0.15) is 0 Å². The normalized spacial score (nSPS) is 15.3. The van der Waals surface area contributed by atoms with Gasteiger partial charge in [0.25, 0.3) is 0 Å². The highest BCUT2D eigenvalue weighted by Crippen LogP contribution is 2.31. The van der Waals surface area contributed by atoms with E-state index in [2.05, 4.69) is 5.32 Å². The molecular weight excluding hydrogens is 178 g/mol. The molecule has 1 aliphatic heterocycles. The first-order valence-electron chi connectivity index (χ1n) is 4.63. The second-order valence-corrected chi connectivity index (χ2v) is 3.42. The number of benzene rings is 1. The summed E-state index contributed by atoms with van der Waals surface area (Å²) < 4.78 is 5.27. The van der Waals surface area contributed by atoms with Gasteiger partial charge in [-0.3, -0.25) is 4.79 Å². The van der Waals surface area contributed by atoms with Crippen LogP contribution in [0.2, 0.25) is 0 Å². The third-order valence-corrected chi connectivity index (χ3v) is 2.59. The molecule has 2 aromatic rings. The van der Waals surface area contributed by atoms with Gasteiger partial charge >= 0.3 is 0 Å². The van der Waals surface area contributed by atoms with Gasteiger partial charge in [0.15, 0.2) is 5.78 Å². The molecule has 1 aliphatic rings. The zero-order chi connectivity index (χ0) is 9.54. The minimum Gasteiger partial charge on any atom is -0.464 e. The summed E-state index contributed by atoms with van der Waals surface area (Å²) in [5, 5.41) is 4.24. The highest BCUT2D eigenvalue weighted by atomic mass is 16.3. The molecule has 0 fully saturated rings. The molecule has 1 N–H and O–H groups in total. The Morgan fingerprint density at radius 3 is 3.14 bits per heavy atom. The standard InChI is InChI=1S/C11H9NO2/c13-9-3-5-12-11-7(9)1-2-10-8(11)4-6-14-10/h1-2,4,6,12H,3,5H2. The maximum absolute atomic E-state index is 11.6. The Hall–Kier alpha value is -1.77. The first-order chi connectivity index (χ1) is 6.86. The molecule has 3 nitrogen and oxygen atoms in total. The summed E-state index contributed by atoms with van der Waals surface area (Å²) in [6.07, 6.45) is 2.22. The molecule has 3 heteroatoms. The van der Waals surface area contributed by atoms with Crippen LogP contribution < -0.4 is 5.32 Å². The number of carbonyl (C=O) groups excluding carboxylic acids is 1.